The van der Waals surface area contributed by atoms with Gasteiger partial charge in [-0.05, 0) is 14.0 Å². The molecule has 1 unspecified atom stereocenters. The predicted molar refractivity (Wildman–Crippen MR) is 72.8 cm³/mol. The molecular formula is C14H17N3O2. The van der Waals surface area contributed by atoms with Crippen molar-refractivity contribution in [3.05, 3.63) is 42.7 Å². The van der Waals surface area contributed by atoms with Gasteiger partial charge in [-0.2, -0.15) is 0 Å². The third-order valence-corrected chi connectivity index (χ3v) is 3.26. The van der Waals surface area contributed by atoms with E-state index in [1.807, 2.05) is 34.9 Å². The third kappa shape index (κ3) is 2.66. The van der Waals surface area contributed by atoms with Gasteiger partial charge >= 0.3 is 5.97 Å². The minimum atomic E-state index is -1.02. The Kier molecular flexibility index (Phi) is 3.66. The molecule has 2 aromatic rings. The Morgan fingerprint density at radius 1 is 1.42 bits per heavy atom. The maximum atomic E-state index is 11.3. The number of likely N-dealkylation sites (N-methyl/N-ethyl adjacent to an activating group) is 1. The third-order valence-electron chi connectivity index (χ3n) is 3.26. The van der Waals surface area contributed by atoms with Crippen molar-refractivity contribution < 1.29 is 9.90 Å². The first-order chi connectivity index (χ1) is 9.07. The number of carboxylic acids is 1. The Morgan fingerprint density at radius 3 is 2.68 bits per heavy atom. The van der Waals surface area contributed by atoms with E-state index in [1.54, 1.807) is 26.4 Å². The summed E-state index contributed by atoms with van der Waals surface area (Å²) < 4.78 is 1.85. The zero-order valence-corrected chi connectivity index (χ0v) is 11.0. The van der Waals surface area contributed by atoms with Crippen molar-refractivity contribution in [2.24, 2.45) is 0 Å². The average molecular weight is 259 g/mol. The molecule has 2 N–H and O–H groups in total. The van der Waals surface area contributed by atoms with Gasteiger partial charge in [-0.1, -0.05) is 30.3 Å². The number of imidazole rings is 1. The van der Waals surface area contributed by atoms with Gasteiger partial charge in [-0.3, -0.25) is 4.79 Å². The molecular weight excluding hydrogens is 242 g/mol. The molecule has 2 rings (SSSR count). The first kappa shape index (κ1) is 13.3. The number of benzene rings is 1. The van der Waals surface area contributed by atoms with E-state index in [-0.39, 0.29) is 0 Å². The Hall–Kier alpha value is -2.14. The second-order valence-electron chi connectivity index (χ2n) is 4.63. The van der Waals surface area contributed by atoms with Crippen LogP contribution in [-0.4, -0.2) is 33.2 Å². The largest absolute Gasteiger partial charge is 0.480 e. The number of carbonyl (C=O) groups is 1. The van der Waals surface area contributed by atoms with E-state index in [4.69, 9.17) is 0 Å². The summed E-state index contributed by atoms with van der Waals surface area (Å²) >= 11 is 0. The van der Waals surface area contributed by atoms with Crippen LogP contribution in [0.5, 0.6) is 0 Å². The molecule has 1 aromatic carbocycles. The summed E-state index contributed by atoms with van der Waals surface area (Å²) in [5.74, 6) is -0.119. The second-order valence-corrected chi connectivity index (χ2v) is 4.63. The van der Waals surface area contributed by atoms with Crippen LogP contribution in [0.25, 0.3) is 11.4 Å². The van der Waals surface area contributed by atoms with E-state index in [1.165, 1.54) is 0 Å². The van der Waals surface area contributed by atoms with Crippen molar-refractivity contribution in [3.63, 3.8) is 0 Å². The van der Waals surface area contributed by atoms with Gasteiger partial charge < -0.3 is 15.0 Å². The van der Waals surface area contributed by atoms with Crippen LogP contribution in [0.2, 0.25) is 0 Å². The number of carboxylic acid groups (broad SMARTS) is 1. The van der Waals surface area contributed by atoms with E-state index in [0.29, 0.717) is 6.54 Å². The molecule has 5 heteroatoms. The van der Waals surface area contributed by atoms with Gasteiger partial charge in [0.2, 0.25) is 0 Å². The van der Waals surface area contributed by atoms with Crippen LogP contribution in [0, 0.1) is 0 Å². The number of hydrogen-bond donors (Lipinski definition) is 2. The molecule has 0 bridgehead atoms. The second kappa shape index (κ2) is 5.24. The Morgan fingerprint density at radius 2 is 2.11 bits per heavy atom. The average Bonchev–Trinajstić information content (AvgIpc) is 2.87. The lowest BCUT2D eigenvalue weighted by Crippen LogP contribution is -2.50. The predicted octanol–water partition coefficient (Wildman–Crippen LogP) is 1.61. The minimum Gasteiger partial charge on any atom is -0.480 e. The molecule has 1 heterocycles. The van der Waals surface area contributed by atoms with Gasteiger partial charge in [0.1, 0.15) is 11.4 Å². The van der Waals surface area contributed by atoms with Crippen LogP contribution in [-0.2, 0) is 11.3 Å². The molecule has 19 heavy (non-hydrogen) atoms. The van der Waals surface area contributed by atoms with Crippen molar-refractivity contribution >= 4 is 5.97 Å². The Labute approximate surface area is 111 Å². The first-order valence-corrected chi connectivity index (χ1v) is 6.06. The number of hydrogen-bond acceptors (Lipinski definition) is 3. The molecule has 0 fully saturated rings. The number of aromatic nitrogens is 2. The molecule has 0 aliphatic rings. The number of nitrogens with zero attached hydrogens (tertiary/aromatic N) is 2. The molecule has 100 valence electrons. The van der Waals surface area contributed by atoms with Gasteiger partial charge in [-0.15, -0.1) is 0 Å². The summed E-state index contributed by atoms with van der Waals surface area (Å²) in [6, 6.07) is 9.71. The highest BCUT2D eigenvalue weighted by atomic mass is 16.4. The number of rotatable bonds is 5. The van der Waals surface area contributed by atoms with Crippen LogP contribution in [0.3, 0.4) is 0 Å². The summed E-state index contributed by atoms with van der Waals surface area (Å²) in [4.78, 5) is 15.6. The lowest BCUT2D eigenvalue weighted by Gasteiger charge is -2.25. The molecule has 0 aliphatic carbocycles. The molecule has 0 radical (unpaired) electrons. The lowest BCUT2D eigenvalue weighted by atomic mass is 10.0. The van der Waals surface area contributed by atoms with Gasteiger partial charge in [0.25, 0.3) is 0 Å². The molecule has 1 atom stereocenters. The normalized spacial score (nSPS) is 14.0. The Bertz CT molecular complexity index is 565. The summed E-state index contributed by atoms with van der Waals surface area (Å²) in [6.45, 7) is 1.97. The summed E-state index contributed by atoms with van der Waals surface area (Å²) in [5, 5.41) is 12.1. The van der Waals surface area contributed by atoms with E-state index in [9.17, 15) is 9.90 Å². The SMILES string of the molecule is CNC(C)(Cn1ccnc1-c1ccccc1)C(=O)O. The maximum Gasteiger partial charge on any atom is 0.325 e. The molecule has 1 aromatic heterocycles. The Balaban J connectivity index is 2.33. The van der Waals surface area contributed by atoms with Crippen molar-refractivity contribution in [2.45, 2.75) is 19.0 Å². The van der Waals surface area contributed by atoms with Gasteiger partial charge in [0.05, 0.1) is 6.54 Å². The quantitative estimate of drug-likeness (QED) is 0.856. The fourth-order valence-electron chi connectivity index (χ4n) is 1.88. The van der Waals surface area contributed by atoms with Crippen molar-refractivity contribution in [3.8, 4) is 11.4 Å². The van der Waals surface area contributed by atoms with E-state index < -0.39 is 11.5 Å². The molecule has 5 nitrogen and oxygen atoms in total. The first-order valence-electron chi connectivity index (χ1n) is 6.06. The fraction of sp³-hybridized carbons (Fsp3) is 0.286. The molecule has 0 spiro atoms. The monoisotopic (exact) mass is 259 g/mol. The van der Waals surface area contributed by atoms with Crippen LogP contribution in [0.4, 0.5) is 0 Å². The topological polar surface area (TPSA) is 67.2 Å². The lowest BCUT2D eigenvalue weighted by molar-refractivity contribution is -0.144. The summed E-state index contributed by atoms with van der Waals surface area (Å²) in [7, 11) is 1.65. The van der Waals surface area contributed by atoms with Gasteiger partial charge in [-0.25, -0.2) is 4.98 Å². The fourth-order valence-corrected chi connectivity index (χ4v) is 1.88. The highest BCUT2D eigenvalue weighted by Crippen LogP contribution is 2.19. The number of nitrogens with one attached hydrogen (secondary N) is 1. The van der Waals surface area contributed by atoms with Crippen LogP contribution >= 0.6 is 0 Å². The number of aliphatic carboxylic acids is 1. The molecule has 0 amide bonds. The van der Waals surface area contributed by atoms with Crippen molar-refractivity contribution in [1.29, 1.82) is 0 Å². The van der Waals surface area contributed by atoms with Gasteiger partial charge in [0, 0.05) is 18.0 Å². The van der Waals surface area contributed by atoms with Crippen LogP contribution in [0.15, 0.2) is 42.7 Å². The van der Waals surface area contributed by atoms with Crippen LogP contribution in [0.1, 0.15) is 6.92 Å². The standard InChI is InChI=1S/C14H17N3O2/c1-14(15-2,13(18)19)10-17-9-8-16-12(17)11-6-4-3-5-7-11/h3-9,15H,10H2,1-2H3,(H,18,19). The smallest absolute Gasteiger partial charge is 0.325 e. The minimum absolute atomic E-state index is 0.309. The van der Waals surface area contributed by atoms with Gasteiger partial charge in [0.15, 0.2) is 0 Å². The van der Waals surface area contributed by atoms with E-state index in [2.05, 4.69) is 10.3 Å². The van der Waals surface area contributed by atoms with Crippen LogP contribution < -0.4 is 5.32 Å². The highest BCUT2D eigenvalue weighted by molar-refractivity contribution is 5.78. The maximum absolute atomic E-state index is 11.3. The zero-order chi connectivity index (χ0) is 13.9. The van der Waals surface area contributed by atoms with E-state index in [0.717, 1.165) is 11.4 Å². The summed E-state index contributed by atoms with van der Waals surface area (Å²) in [6.07, 6.45) is 3.47. The molecule has 0 saturated carbocycles. The molecule has 0 aliphatic heterocycles. The van der Waals surface area contributed by atoms with Crippen molar-refractivity contribution in [1.82, 2.24) is 14.9 Å². The summed E-state index contributed by atoms with van der Waals surface area (Å²) in [5.41, 5.74) is -0.0547. The zero-order valence-electron chi connectivity index (χ0n) is 11.0. The van der Waals surface area contributed by atoms with Crippen molar-refractivity contribution in [2.75, 3.05) is 7.05 Å². The van der Waals surface area contributed by atoms with E-state index >= 15 is 0 Å². The molecule has 0 saturated heterocycles. The highest BCUT2D eigenvalue weighted by Gasteiger charge is 2.32.